The third-order valence-corrected chi connectivity index (χ3v) is 4.95. The van der Waals surface area contributed by atoms with Gasteiger partial charge in [-0.05, 0) is 48.0 Å². The predicted octanol–water partition coefficient (Wildman–Crippen LogP) is 2.56. The first-order valence-electron chi connectivity index (χ1n) is 4.71. The van der Waals surface area contributed by atoms with E-state index in [0.717, 1.165) is 23.7 Å². The number of hydrogen-bond acceptors (Lipinski definition) is 1. The number of allylic oxidation sites excluding steroid dienone is 2. The van der Waals surface area contributed by atoms with Gasteiger partial charge in [0.05, 0.1) is 0 Å². The lowest BCUT2D eigenvalue weighted by Crippen LogP contribution is -2.35. The Kier molecular flexibility index (Phi) is 1.37. The molecule has 1 saturated heterocycles. The second-order valence-corrected chi connectivity index (χ2v) is 5.23. The Bertz CT molecular complexity index is 177. The number of thioether (sulfide) groups is 1. The molecule has 4 rings (SSSR count). The highest BCUT2D eigenvalue weighted by atomic mass is 32.2. The van der Waals surface area contributed by atoms with E-state index in [0.29, 0.717) is 0 Å². The monoisotopic (exact) mass is 166 g/mol. The SMILES string of the molecule is C1=C[C@H]2CC[C@H]1[C@H]1CSC[C@@H]12. The molecule has 0 N–H and O–H groups in total. The predicted molar refractivity (Wildman–Crippen MR) is 49.7 cm³/mol. The molecule has 0 radical (unpaired) electrons. The van der Waals surface area contributed by atoms with Crippen molar-refractivity contribution in [2.24, 2.45) is 23.7 Å². The molecule has 0 spiro atoms. The van der Waals surface area contributed by atoms with Crippen LogP contribution in [0.3, 0.4) is 0 Å². The molecule has 1 aliphatic heterocycles. The summed E-state index contributed by atoms with van der Waals surface area (Å²) in [5, 5.41) is 0. The van der Waals surface area contributed by atoms with E-state index in [1.165, 1.54) is 24.3 Å². The van der Waals surface area contributed by atoms with Gasteiger partial charge in [0.1, 0.15) is 0 Å². The average Bonchev–Trinajstić information content (AvgIpc) is 2.55. The molecule has 3 aliphatic carbocycles. The molecular weight excluding hydrogens is 152 g/mol. The largest absolute Gasteiger partial charge is 0.161 e. The second-order valence-electron chi connectivity index (χ2n) is 4.16. The van der Waals surface area contributed by atoms with Gasteiger partial charge in [-0.25, -0.2) is 0 Å². The van der Waals surface area contributed by atoms with Crippen molar-refractivity contribution in [1.29, 1.82) is 0 Å². The van der Waals surface area contributed by atoms with Crippen molar-refractivity contribution in [3.63, 3.8) is 0 Å². The third kappa shape index (κ3) is 0.837. The van der Waals surface area contributed by atoms with Crippen molar-refractivity contribution in [2.45, 2.75) is 12.8 Å². The van der Waals surface area contributed by atoms with Crippen LogP contribution in [0.1, 0.15) is 12.8 Å². The molecule has 1 heterocycles. The summed E-state index contributed by atoms with van der Waals surface area (Å²) in [6, 6.07) is 0. The summed E-state index contributed by atoms with van der Waals surface area (Å²) in [6.07, 6.45) is 7.98. The van der Waals surface area contributed by atoms with E-state index in [1.54, 1.807) is 0 Å². The van der Waals surface area contributed by atoms with Crippen molar-refractivity contribution < 1.29 is 0 Å². The maximum atomic E-state index is 2.50. The Morgan fingerprint density at radius 2 is 1.45 bits per heavy atom. The third-order valence-electron chi connectivity index (χ3n) is 3.71. The molecule has 60 valence electrons. The van der Waals surface area contributed by atoms with E-state index in [4.69, 9.17) is 0 Å². The fourth-order valence-electron chi connectivity index (χ4n) is 3.05. The van der Waals surface area contributed by atoms with Crippen LogP contribution in [0.2, 0.25) is 0 Å². The minimum atomic E-state index is 0.972. The molecule has 0 aromatic rings. The summed E-state index contributed by atoms with van der Waals surface area (Å²) in [7, 11) is 0. The molecule has 11 heavy (non-hydrogen) atoms. The van der Waals surface area contributed by atoms with Gasteiger partial charge in [0, 0.05) is 0 Å². The van der Waals surface area contributed by atoms with E-state index in [2.05, 4.69) is 23.9 Å². The lowest BCUT2D eigenvalue weighted by atomic mass is 9.64. The van der Waals surface area contributed by atoms with Crippen molar-refractivity contribution in [1.82, 2.24) is 0 Å². The van der Waals surface area contributed by atoms with Crippen molar-refractivity contribution in [2.75, 3.05) is 11.5 Å². The molecule has 1 heteroatoms. The first kappa shape index (κ1) is 6.59. The first-order chi connectivity index (χ1) is 5.45. The summed E-state index contributed by atoms with van der Waals surface area (Å²) < 4.78 is 0. The Hall–Kier alpha value is 0.0900. The Morgan fingerprint density at radius 3 is 1.91 bits per heavy atom. The highest BCUT2D eigenvalue weighted by Crippen LogP contribution is 2.50. The van der Waals surface area contributed by atoms with E-state index < -0.39 is 0 Å². The first-order valence-corrected chi connectivity index (χ1v) is 5.87. The van der Waals surface area contributed by atoms with Crippen LogP contribution in [-0.4, -0.2) is 11.5 Å². The smallest absolute Gasteiger partial charge is 0.00302 e. The average molecular weight is 166 g/mol. The number of hydrogen-bond donors (Lipinski definition) is 0. The highest BCUT2D eigenvalue weighted by molar-refractivity contribution is 7.99. The number of fused-ring (bicyclic) bond motifs is 1. The zero-order valence-electron chi connectivity index (χ0n) is 6.70. The van der Waals surface area contributed by atoms with Crippen molar-refractivity contribution in [3.8, 4) is 0 Å². The second kappa shape index (κ2) is 2.29. The number of rotatable bonds is 0. The van der Waals surface area contributed by atoms with Crippen molar-refractivity contribution in [3.05, 3.63) is 12.2 Å². The van der Waals surface area contributed by atoms with Crippen molar-refractivity contribution >= 4 is 11.8 Å². The molecule has 2 fully saturated rings. The maximum Gasteiger partial charge on any atom is -0.00302 e. The summed E-state index contributed by atoms with van der Waals surface area (Å²) in [5.74, 6) is 7.00. The molecule has 2 bridgehead atoms. The minimum absolute atomic E-state index is 0.972. The molecule has 0 aromatic carbocycles. The molecule has 0 amide bonds. The van der Waals surface area contributed by atoms with Gasteiger partial charge in [-0.15, -0.1) is 0 Å². The van der Waals surface area contributed by atoms with E-state index in [1.807, 2.05) is 0 Å². The topological polar surface area (TPSA) is 0 Å². The van der Waals surface area contributed by atoms with Crippen LogP contribution in [0.5, 0.6) is 0 Å². The molecule has 4 aliphatic rings. The Balaban J connectivity index is 1.97. The highest BCUT2D eigenvalue weighted by Gasteiger charge is 2.43. The molecule has 0 aromatic heterocycles. The quantitative estimate of drug-likeness (QED) is 0.498. The van der Waals surface area contributed by atoms with Gasteiger partial charge in [-0.1, -0.05) is 12.2 Å². The van der Waals surface area contributed by atoms with Crippen LogP contribution >= 0.6 is 11.8 Å². The summed E-state index contributed by atoms with van der Waals surface area (Å²) in [5.41, 5.74) is 0. The van der Waals surface area contributed by atoms with Crippen LogP contribution in [0, 0.1) is 23.7 Å². The zero-order chi connectivity index (χ0) is 7.26. The van der Waals surface area contributed by atoms with Gasteiger partial charge >= 0.3 is 0 Å². The standard InChI is InChI=1S/C10H14S/c1-2-8-4-3-7(1)9-5-11-6-10(8)9/h1-2,7-10H,3-6H2/t7-,8-,9+,10+/m0/s1. The van der Waals surface area contributed by atoms with Crippen LogP contribution in [0.4, 0.5) is 0 Å². The maximum absolute atomic E-state index is 2.50. The van der Waals surface area contributed by atoms with Crippen LogP contribution < -0.4 is 0 Å². The van der Waals surface area contributed by atoms with Gasteiger partial charge in [-0.3, -0.25) is 0 Å². The van der Waals surface area contributed by atoms with Gasteiger partial charge in [0.25, 0.3) is 0 Å². The summed E-state index contributed by atoms with van der Waals surface area (Å²) >= 11 is 2.19. The molecule has 0 unspecified atom stereocenters. The van der Waals surface area contributed by atoms with Crippen LogP contribution in [0.25, 0.3) is 0 Å². The van der Waals surface area contributed by atoms with Gasteiger partial charge < -0.3 is 0 Å². The van der Waals surface area contributed by atoms with Gasteiger partial charge in [0.2, 0.25) is 0 Å². The zero-order valence-corrected chi connectivity index (χ0v) is 7.52. The molecular formula is C10H14S. The molecule has 0 nitrogen and oxygen atoms in total. The lowest BCUT2D eigenvalue weighted by molar-refractivity contribution is 0.169. The van der Waals surface area contributed by atoms with E-state index in [-0.39, 0.29) is 0 Å². The fourth-order valence-corrected chi connectivity index (χ4v) is 4.72. The van der Waals surface area contributed by atoms with E-state index >= 15 is 0 Å². The molecule has 4 atom stereocenters. The Morgan fingerprint density at radius 1 is 0.909 bits per heavy atom. The van der Waals surface area contributed by atoms with Crippen LogP contribution in [0.15, 0.2) is 12.2 Å². The van der Waals surface area contributed by atoms with Gasteiger partial charge in [-0.2, -0.15) is 11.8 Å². The normalized spacial score (nSPS) is 53.1. The van der Waals surface area contributed by atoms with Gasteiger partial charge in [0.15, 0.2) is 0 Å². The summed E-state index contributed by atoms with van der Waals surface area (Å²) in [4.78, 5) is 0. The summed E-state index contributed by atoms with van der Waals surface area (Å²) in [6.45, 7) is 0. The van der Waals surface area contributed by atoms with E-state index in [9.17, 15) is 0 Å². The lowest BCUT2D eigenvalue weighted by Gasteiger charge is -2.40. The Labute approximate surface area is 72.4 Å². The molecule has 1 saturated carbocycles. The fraction of sp³-hybridized carbons (Fsp3) is 0.800. The minimum Gasteiger partial charge on any atom is -0.161 e. The van der Waals surface area contributed by atoms with Crippen LogP contribution in [-0.2, 0) is 0 Å².